The molecular weight excluding hydrogens is 270 g/mol. The summed E-state index contributed by atoms with van der Waals surface area (Å²) >= 11 is 0. The molecule has 0 spiro atoms. The highest BCUT2D eigenvalue weighted by atomic mass is 35.5. The normalized spacial score (nSPS) is 11.6. The van der Waals surface area contributed by atoms with Gasteiger partial charge < -0.3 is 19.7 Å². The van der Waals surface area contributed by atoms with Crippen molar-refractivity contribution in [2.45, 2.75) is 13.0 Å². The molecule has 6 nitrogen and oxygen atoms in total. The minimum Gasteiger partial charge on any atom is -0.493 e. The largest absolute Gasteiger partial charge is 0.493 e. The van der Waals surface area contributed by atoms with E-state index in [0.717, 1.165) is 5.56 Å². The van der Waals surface area contributed by atoms with Gasteiger partial charge in [0.1, 0.15) is 0 Å². The fraction of sp³-hybridized carbons (Fsp3) is 0.333. The minimum atomic E-state index is -0.286. The Morgan fingerprint density at radius 1 is 1.21 bits per heavy atom. The molecule has 0 aliphatic heterocycles. The Kier molecular flexibility index (Phi) is 5.14. The number of ether oxygens (including phenoxy) is 2. The monoisotopic (exact) mass is 285 g/mol. The molecule has 0 amide bonds. The van der Waals surface area contributed by atoms with E-state index in [1.165, 1.54) is 0 Å². The average molecular weight is 286 g/mol. The van der Waals surface area contributed by atoms with Gasteiger partial charge in [0.05, 0.1) is 20.3 Å². The summed E-state index contributed by atoms with van der Waals surface area (Å²) in [5.41, 5.74) is 6.45. The maximum absolute atomic E-state index is 5.67. The van der Waals surface area contributed by atoms with Crippen LogP contribution in [0.5, 0.6) is 11.5 Å². The maximum atomic E-state index is 5.67. The van der Waals surface area contributed by atoms with E-state index in [1.54, 1.807) is 33.3 Å². The summed E-state index contributed by atoms with van der Waals surface area (Å²) in [5.74, 6) is 2.14. The lowest BCUT2D eigenvalue weighted by Crippen LogP contribution is -2.04. The number of nitrogens with zero attached hydrogens (tertiary/aromatic N) is 2. The molecule has 2 rings (SSSR count). The molecule has 0 saturated heterocycles. The average Bonchev–Trinajstić information content (AvgIpc) is 2.87. The highest BCUT2D eigenvalue weighted by molar-refractivity contribution is 5.85. The van der Waals surface area contributed by atoms with Gasteiger partial charge in [0.25, 0.3) is 0 Å². The summed E-state index contributed by atoms with van der Waals surface area (Å²) in [7, 11) is 3.16. The second-order valence-corrected chi connectivity index (χ2v) is 3.81. The highest BCUT2D eigenvalue weighted by Crippen LogP contribution is 2.31. The van der Waals surface area contributed by atoms with Crippen LogP contribution in [0.15, 0.2) is 22.7 Å². The van der Waals surface area contributed by atoms with E-state index in [1.807, 2.05) is 6.07 Å². The SMILES string of the molecule is COc1ccc(-c2noc([C@H](C)N)n2)cc1OC.Cl. The van der Waals surface area contributed by atoms with Crippen LogP contribution < -0.4 is 15.2 Å². The number of halogens is 1. The summed E-state index contributed by atoms with van der Waals surface area (Å²) in [6.45, 7) is 1.78. The summed E-state index contributed by atoms with van der Waals surface area (Å²) < 4.78 is 15.4. The van der Waals surface area contributed by atoms with Crippen LogP contribution >= 0.6 is 12.4 Å². The molecule has 1 heterocycles. The highest BCUT2D eigenvalue weighted by Gasteiger charge is 2.13. The number of benzene rings is 1. The van der Waals surface area contributed by atoms with Crippen molar-refractivity contribution in [1.82, 2.24) is 10.1 Å². The van der Waals surface area contributed by atoms with Gasteiger partial charge in [-0.1, -0.05) is 5.16 Å². The summed E-state index contributed by atoms with van der Waals surface area (Å²) in [6.07, 6.45) is 0. The topological polar surface area (TPSA) is 83.4 Å². The number of nitrogens with two attached hydrogens (primary N) is 1. The van der Waals surface area contributed by atoms with Crippen LogP contribution in [-0.2, 0) is 0 Å². The molecule has 104 valence electrons. The van der Waals surface area contributed by atoms with Gasteiger partial charge >= 0.3 is 0 Å². The number of hydrogen-bond donors (Lipinski definition) is 1. The van der Waals surface area contributed by atoms with Crippen molar-refractivity contribution < 1.29 is 14.0 Å². The van der Waals surface area contributed by atoms with Gasteiger partial charge in [0, 0.05) is 5.56 Å². The van der Waals surface area contributed by atoms with Crippen molar-refractivity contribution in [3.05, 3.63) is 24.1 Å². The lowest BCUT2D eigenvalue weighted by molar-refractivity contribution is 0.355. The molecular formula is C12H16ClN3O3. The van der Waals surface area contributed by atoms with Gasteiger partial charge in [0.2, 0.25) is 11.7 Å². The molecule has 0 unspecified atom stereocenters. The summed E-state index contributed by atoms with van der Waals surface area (Å²) in [4.78, 5) is 4.21. The van der Waals surface area contributed by atoms with Gasteiger partial charge in [0.15, 0.2) is 11.5 Å². The van der Waals surface area contributed by atoms with E-state index in [4.69, 9.17) is 19.7 Å². The molecule has 0 bridgehead atoms. The van der Waals surface area contributed by atoms with Crippen LogP contribution in [0.3, 0.4) is 0 Å². The quantitative estimate of drug-likeness (QED) is 0.927. The molecule has 0 aliphatic rings. The standard InChI is InChI=1S/C12H15N3O3.ClH/c1-7(13)12-14-11(15-18-12)8-4-5-9(16-2)10(6-8)17-3;/h4-7H,13H2,1-3H3;1H/t7-;/m0./s1. The first kappa shape index (κ1) is 15.3. The van der Waals surface area contributed by atoms with Gasteiger partial charge in [-0.15, -0.1) is 12.4 Å². The predicted octanol–water partition coefficient (Wildman–Crippen LogP) is 2.20. The van der Waals surface area contributed by atoms with Crippen LogP contribution in [-0.4, -0.2) is 24.4 Å². The predicted molar refractivity (Wildman–Crippen MR) is 72.7 cm³/mol. The van der Waals surface area contributed by atoms with Gasteiger partial charge in [-0.2, -0.15) is 4.98 Å². The van der Waals surface area contributed by atoms with Gasteiger partial charge in [-0.05, 0) is 25.1 Å². The first-order chi connectivity index (χ1) is 8.65. The first-order valence-electron chi connectivity index (χ1n) is 5.47. The Hall–Kier alpha value is -1.79. The molecule has 7 heteroatoms. The number of hydrogen-bond acceptors (Lipinski definition) is 6. The van der Waals surface area contributed by atoms with E-state index < -0.39 is 0 Å². The zero-order valence-corrected chi connectivity index (χ0v) is 11.7. The Morgan fingerprint density at radius 3 is 2.42 bits per heavy atom. The fourth-order valence-electron chi connectivity index (χ4n) is 1.51. The van der Waals surface area contributed by atoms with E-state index in [9.17, 15) is 0 Å². The van der Waals surface area contributed by atoms with E-state index in [-0.39, 0.29) is 18.4 Å². The Labute approximate surface area is 117 Å². The third kappa shape index (κ3) is 3.15. The third-order valence-corrected chi connectivity index (χ3v) is 2.47. The van der Waals surface area contributed by atoms with E-state index in [0.29, 0.717) is 23.2 Å². The van der Waals surface area contributed by atoms with Crippen molar-refractivity contribution in [2.24, 2.45) is 5.73 Å². The van der Waals surface area contributed by atoms with E-state index >= 15 is 0 Å². The molecule has 19 heavy (non-hydrogen) atoms. The fourth-order valence-corrected chi connectivity index (χ4v) is 1.51. The zero-order chi connectivity index (χ0) is 13.1. The third-order valence-electron chi connectivity index (χ3n) is 2.47. The number of rotatable bonds is 4. The molecule has 2 aromatic rings. The van der Waals surface area contributed by atoms with Crippen molar-refractivity contribution in [3.63, 3.8) is 0 Å². The molecule has 0 fully saturated rings. The molecule has 1 aromatic carbocycles. The van der Waals surface area contributed by atoms with Crippen molar-refractivity contribution in [3.8, 4) is 22.9 Å². The first-order valence-corrected chi connectivity index (χ1v) is 5.47. The number of aromatic nitrogens is 2. The van der Waals surface area contributed by atoms with Gasteiger partial charge in [-0.3, -0.25) is 0 Å². The van der Waals surface area contributed by atoms with Crippen molar-refractivity contribution in [2.75, 3.05) is 14.2 Å². The molecule has 1 aromatic heterocycles. The second-order valence-electron chi connectivity index (χ2n) is 3.81. The Morgan fingerprint density at radius 2 is 1.89 bits per heavy atom. The minimum absolute atomic E-state index is 0. The van der Waals surface area contributed by atoms with Crippen molar-refractivity contribution >= 4 is 12.4 Å². The second kappa shape index (κ2) is 6.40. The molecule has 0 aliphatic carbocycles. The van der Waals surface area contributed by atoms with Crippen LogP contribution in [0, 0.1) is 0 Å². The van der Waals surface area contributed by atoms with Crippen LogP contribution in [0.4, 0.5) is 0 Å². The van der Waals surface area contributed by atoms with Crippen LogP contribution in [0.2, 0.25) is 0 Å². The zero-order valence-electron chi connectivity index (χ0n) is 10.9. The lowest BCUT2D eigenvalue weighted by Gasteiger charge is -2.07. The lowest BCUT2D eigenvalue weighted by atomic mass is 10.2. The van der Waals surface area contributed by atoms with Crippen LogP contribution in [0.1, 0.15) is 18.9 Å². The molecule has 0 saturated carbocycles. The molecule has 0 radical (unpaired) electrons. The Bertz CT molecular complexity index is 543. The summed E-state index contributed by atoms with van der Waals surface area (Å²) in [5, 5.41) is 3.88. The van der Waals surface area contributed by atoms with Crippen LogP contribution in [0.25, 0.3) is 11.4 Å². The number of methoxy groups -OCH3 is 2. The molecule has 1 atom stereocenters. The van der Waals surface area contributed by atoms with Crippen molar-refractivity contribution in [1.29, 1.82) is 0 Å². The maximum Gasteiger partial charge on any atom is 0.243 e. The Balaban J connectivity index is 0.00000180. The molecule has 2 N–H and O–H groups in total. The van der Waals surface area contributed by atoms with Gasteiger partial charge in [-0.25, -0.2) is 0 Å². The van der Waals surface area contributed by atoms with E-state index in [2.05, 4.69) is 10.1 Å². The summed E-state index contributed by atoms with van der Waals surface area (Å²) in [6, 6.07) is 5.12. The smallest absolute Gasteiger partial charge is 0.243 e.